The average Bonchev–Trinajstić information content (AvgIpc) is 2.34. The van der Waals surface area contributed by atoms with Crippen LogP contribution in [-0.4, -0.2) is 24.8 Å². The van der Waals surface area contributed by atoms with Crippen molar-refractivity contribution in [3.05, 3.63) is 0 Å². The normalized spacial score (nSPS) is 30.3. The van der Waals surface area contributed by atoms with Crippen LogP contribution >= 0.6 is 0 Å². The molecule has 0 heterocycles. The van der Waals surface area contributed by atoms with Gasteiger partial charge in [-0.15, -0.1) is 0 Å². The first kappa shape index (κ1) is 16.0. The molecule has 1 rings (SSSR count). The zero-order valence-corrected chi connectivity index (χ0v) is 12.9. The molecule has 0 radical (unpaired) electrons. The molecule has 1 aliphatic rings. The van der Waals surface area contributed by atoms with Gasteiger partial charge in [0.1, 0.15) is 0 Å². The highest BCUT2D eigenvalue weighted by Gasteiger charge is 2.35. The fraction of sp³-hybridized carbons (Fsp3) is 1.00. The second-order valence-corrected chi connectivity index (χ2v) is 6.26. The van der Waals surface area contributed by atoms with Crippen molar-refractivity contribution in [1.82, 2.24) is 5.32 Å². The van der Waals surface area contributed by atoms with Gasteiger partial charge < -0.3 is 10.1 Å². The molecule has 108 valence electrons. The first-order valence-electron chi connectivity index (χ1n) is 8.00. The van der Waals surface area contributed by atoms with E-state index in [1.54, 1.807) is 0 Å². The summed E-state index contributed by atoms with van der Waals surface area (Å²) < 4.78 is 6.45. The van der Waals surface area contributed by atoms with Gasteiger partial charge in [-0.25, -0.2) is 0 Å². The summed E-state index contributed by atoms with van der Waals surface area (Å²) in [4.78, 5) is 0. The molecule has 0 aromatic carbocycles. The van der Waals surface area contributed by atoms with Crippen molar-refractivity contribution in [1.29, 1.82) is 0 Å². The van der Waals surface area contributed by atoms with Crippen LogP contribution in [0.25, 0.3) is 0 Å². The van der Waals surface area contributed by atoms with E-state index in [4.69, 9.17) is 4.74 Å². The highest BCUT2D eigenvalue weighted by molar-refractivity contribution is 4.89. The van der Waals surface area contributed by atoms with Gasteiger partial charge in [-0.3, -0.25) is 0 Å². The molecular formula is C16H33NO. The zero-order chi connectivity index (χ0) is 13.4. The van der Waals surface area contributed by atoms with Crippen molar-refractivity contribution in [3.63, 3.8) is 0 Å². The van der Waals surface area contributed by atoms with Crippen molar-refractivity contribution in [2.24, 2.45) is 5.92 Å². The quantitative estimate of drug-likeness (QED) is 0.658. The van der Waals surface area contributed by atoms with Crippen LogP contribution < -0.4 is 5.32 Å². The van der Waals surface area contributed by atoms with Crippen LogP contribution in [0.2, 0.25) is 0 Å². The molecule has 0 bridgehead atoms. The Morgan fingerprint density at radius 1 is 1.22 bits per heavy atom. The summed E-state index contributed by atoms with van der Waals surface area (Å²) >= 11 is 0. The van der Waals surface area contributed by atoms with Crippen LogP contribution in [0.1, 0.15) is 72.6 Å². The summed E-state index contributed by atoms with van der Waals surface area (Å²) in [6.45, 7) is 11.2. The lowest BCUT2D eigenvalue weighted by molar-refractivity contribution is -0.113. The molecule has 0 aromatic rings. The highest BCUT2D eigenvalue weighted by Crippen LogP contribution is 2.35. The Balaban J connectivity index is 2.50. The second kappa shape index (κ2) is 8.16. The Hall–Kier alpha value is -0.0800. The Morgan fingerprint density at radius 3 is 2.44 bits per heavy atom. The van der Waals surface area contributed by atoms with Gasteiger partial charge in [-0.2, -0.15) is 0 Å². The molecule has 1 unspecified atom stereocenters. The summed E-state index contributed by atoms with van der Waals surface area (Å²) in [6, 6.07) is 0. The predicted octanol–water partition coefficient (Wildman–Crippen LogP) is 4.14. The lowest BCUT2D eigenvalue weighted by Crippen LogP contribution is -2.47. The van der Waals surface area contributed by atoms with E-state index in [1.807, 2.05) is 0 Å². The van der Waals surface area contributed by atoms with Crippen LogP contribution in [0.4, 0.5) is 0 Å². The molecule has 0 aliphatic heterocycles. The van der Waals surface area contributed by atoms with Crippen molar-refractivity contribution in [3.8, 4) is 0 Å². The minimum absolute atomic E-state index is 0.121. The first-order chi connectivity index (χ1) is 8.62. The van der Waals surface area contributed by atoms with Crippen LogP contribution in [0, 0.1) is 5.92 Å². The minimum atomic E-state index is 0.121. The van der Waals surface area contributed by atoms with Crippen LogP contribution in [0.5, 0.6) is 0 Å². The standard InChI is InChI=1S/C16H33NO/c1-5-7-15(4)18-16(13-17-12-6-2)10-8-14(3)9-11-16/h14-15,17H,5-13H2,1-4H3. The van der Waals surface area contributed by atoms with E-state index in [9.17, 15) is 0 Å². The third-order valence-corrected chi connectivity index (χ3v) is 4.21. The molecule has 1 aliphatic carbocycles. The van der Waals surface area contributed by atoms with Crippen LogP contribution in [0.3, 0.4) is 0 Å². The van der Waals surface area contributed by atoms with Gasteiger partial charge in [-0.1, -0.05) is 27.2 Å². The fourth-order valence-electron chi connectivity index (χ4n) is 3.01. The molecule has 1 saturated carbocycles. The smallest absolute Gasteiger partial charge is 0.0810 e. The largest absolute Gasteiger partial charge is 0.371 e. The number of rotatable bonds is 8. The molecule has 1 fully saturated rings. The van der Waals surface area contributed by atoms with Gasteiger partial charge in [0.2, 0.25) is 0 Å². The van der Waals surface area contributed by atoms with E-state index in [-0.39, 0.29) is 5.60 Å². The molecule has 0 saturated heterocycles. The highest BCUT2D eigenvalue weighted by atomic mass is 16.5. The van der Waals surface area contributed by atoms with E-state index in [2.05, 4.69) is 33.0 Å². The van der Waals surface area contributed by atoms with E-state index < -0.39 is 0 Å². The number of nitrogens with one attached hydrogen (secondary N) is 1. The SMILES string of the molecule is CCCNCC1(OC(C)CCC)CCC(C)CC1. The monoisotopic (exact) mass is 255 g/mol. The van der Waals surface area contributed by atoms with Gasteiger partial charge in [0, 0.05) is 6.54 Å². The molecular weight excluding hydrogens is 222 g/mol. The van der Waals surface area contributed by atoms with Gasteiger partial charge in [0.05, 0.1) is 11.7 Å². The number of hydrogen-bond donors (Lipinski definition) is 1. The third-order valence-electron chi connectivity index (χ3n) is 4.21. The molecule has 0 amide bonds. The number of ether oxygens (including phenoxy) is 1. The molecule has 18 heavy (non-hydrogen) atoms. The Morgan fingerprint density at radius 2 is 1.89 bits per heavy atom. The second-order valence-electron chi connectivity index (χ2n) is 6.26. The Kier molecular flexibility index (Phi) is 7.25. The molecule has 1 atom stereocenters. The minimum Gasteiger partial charge on any atom is -0.371 e. The van der Waals surface area contributed by atoms with Gasteiger partial charge in [0.15, 0.2) is 0 Å². The average molecular weight is 255 g/mol. The predicted molar refractivity (Wildman–Crippen MR) is 79.0 cm³/mol. The number of hydrogen-bond acceptors (Lipinski definition) is 2. The van der Waals surface area contributed by atoms with Gasteiger partial charge in [0.25, 0.3) is 0 Å². The van der Waals surface area contributed by atoms with Gasteiger partial charge >= 0.3 is 0 Å². The summed E-state index contributed by atoms with van der Waals surface area (Å²) in [5.74, 6) is 0.884. The van der Waals surface area contributed by atoms with Crippen molar-refractivity contribution in [2.75, 3.05) is 13.1 Å². The molecule has 0 spiro atoms. The van der Waals surface area contributed by atoms with Crippen molar-refractivity contribution < 1.29 is 4.74 Å². The van der Waals surface area contributed by atoms with Crippen LogP contribution in [0.15, 0.2) is 0 Å². The summed E-state index contributed by atoms with van der Waals surface area (Å²) in [7, 11) is 0. The maximum atomic E-state index is 6.45. The summed E-state index contributed by atoms with van der Waals surface area (Å²) in [6.07, 6.45) is 9.14. The van der Waals surface area contributed by atoms with Crippen LogP contribution in [-0.2, 0) is 4.74 Å². The molecule has 1 N–H and O–H groups in total. The summed E-state index contributed by atoms with van der Waals surface area (Å²) in [5, 5.41) is 3.58. The molecule has 0 aromatic heterocycles. The fourth-order valence-corrected chi connectivity index (χ4v) is 3.01. The topological polar surface area (TPSA) is 21.3 Å². The molecule has 2 heteroatoms. The Labute approximate surface area is 114 Å². The summed E-state index contributed by atoms with van der Waals surface area (Å²) in [5.41, 5.74) is 0.121. The maximum Gasteiger partial charge on any atom is 0.0810 e. The van der Waals surface area contributed by atoms with Crippen molar-refractivity contribution in [2.45, 2.75) is 84.3 Å². The van der Waals surface area contributed by atoms with Crippen molar-refractivity contribution >= 4 is 0 Å². The Bertz CT molecular complexity index is 209. The third kappa shape index (κ3) is 5.27. The van der Waals surface area contributed by atoms with E-state index in [1.165, 1.54) is 44.9 Å². The maximum absolute atomic E-state index is 6.45. The molecule has 2 nitrogen and oxygen atoms in total. The lowest BCUT2D eigenvalue weighted by atomic mass is 9.79. The van der Waals surface area contributed by atoms with E-state index >= 15 is 0 Å². The van der Waals surface area contributed by atoms with Gasteiger partial charge in [-0.05, 0) is 57.9 Å². The zero-order valence-electron chi connectivity index (χ0n) is 12.9. The first-order valence-corrected chi connectivity index (χ1v) is 8.00. The van der Waals surface area contributed by atoms with E-state index in [0.717, 1.165) is 19.0 Å². The van der Waals surface area contributed by atoms with E-state index in [0.29, 0.717) is 6.10 Å². The lowest BCUT2D eigenvalue weighted by Gasteiger charge is -2.41.